The van der Waals surface area contributed by atoms with Crippen LogP contribution >= 0.6 is 0 Å². The van der Waals surface area contributed by atoms with Gasteiger partial charge < -0.3 is 5.73 Å². The first kappa shape index (κ1) is 16.4. The maximum atomic E-state index is 12.8. The van der Waals surface area contributed by atoms with Gasteiger partial charge in [0.1, 0.15) is 0 Å². The summed E-state index contributed by atoms with van der Waals surface area (Å²) in [6.45, 7) is 0. The van der Waals surface area contributed by atoms with Gasteiger partial charge >= 0.3 is 0 Å². The van der Waals surface area contributed by atoms with Crippen LogP contribution < -0.4 is 11.1 Å². The summed E-state index contributed by atoms with van der Waals surface area (Å²) in [4.78, 5) is 37.7. The molecule has 136 valence electrons. The SMILES string of the molecule is NC(=O)c1c(-c2cccc3c2C(=O)NC(=O)C32C=CC2)ccc2ccccc12. The van der Waals surface area contributed by atoms with Crippen LogP contribution in [0.3, 0.4) is 0 Å². The molecule has 0 fully saturated rings. The number of amides is 3. The molecule has 0 radical (unpaired) electrons. The molecule has 3 aromatic carbocycles. The van der Waals surface area contributed by atoms with Crippen LogP contribution in [0.5, 0.6) is 0 Å². The van der Waals surface area contributed by atoms with Gasteiger partial charge in [-0.1, -0.05) is 66.7 Å². The van der Waals surface area contributed by atoms with Gasteiger partial charge in [0.15, 0.2) is 0 Å². The Morgan fingerprint density at radius 2 is 1.75 bits per heavy atom. The molecule has 1 unspecified atom stereocenters. The molecular formula is C23H16N2O3. The molecule has 0 saturated heterocycles. The Balaban J connectivity index is 1.85. The van der Waals surface area contributed by atoms with Gasteiger partial charge in [-0.05, 0) is 33.9 Å². The van der Waals surface area contributed by atoms with E-state index in [1.807, 2.05) is 60.7 Å². The molecule has 1 atom stereocenters. The molecule has 5 rings (SSSR count). The Bertz CT molecular complexity index is 1240. The largest absolute Gasteiger partial charge is 0.366 e. The fourth-order valence-electron chi connectivity index (χ4n) is 4.28. The molecule has 0 aromatic heterocycles. The van der Waals surface area contributed by atoms with Gasteiger partial charge in [0.05, 0.1) is 16.5 Å². The van der Waals surface area contributed by atoms with E-state index in [0.29, 0.717) is 34.2 Å². The Morgan fingerprint density at radius 3 is 2.46 bits per heavy atom. The number of hydrogen-bond donors (Lipinski definition) is 2. The third-order valence-electron chi connectivity index (χ3n) is 5.71. The van der Waals surface area contributed by atoms with Crippen LogP contribution in [0.15, 0.2) is 66.7 Å². The lowest BCUT2D eigenvalue weighted by molar-refractivity contribution is -0.125. The van der Waals surface area contributed by atoms with Crippen molar-refractivity contribution in [2.75, 3.05) is 0 Å². The van der Waals surface area contributed by atoms with Gasteiger partial charge in [-0.15, -0.1) is 0 Å². The van der Waals surface area contributed by atoms with Crippen molar-refractivity contribution in [3.05, 3.63) is 83.4 Å². The number of rotatable bonds is 2. The smallest absolute Gasteiger partial charge is 0.258 e. The van der Waals surface area contributed by atoms with Gasteiger partial charge in [0, 0.05) is 0 Å². The van der Waals surface area contributed by atoms with E-state index in [-0.39, 0.29) is 5.91 Å². The minimum atomic E-state index is -0.816. The van der Waals surface area contributed by atoms with Crippen molar-refractivity contribution < 1.29 is 14.4 Å². The maximum Gasteiger partial charge on any atom is 0.258 e. The molecule has 3 amide bonds. The number of carbonyl (C=O) groups is 3. The van der Waals surface area contributed by atoms with Crippen molar-refractivity contribution >= 4 is 28.5 Å². The summed E-state index contributed by atoms with van der Waals surface area (Å²) in [7, 11) is 0. The zero-order valence-electron chi connectivity index (χ0n) is 14.9. The number of hydrogen-bond acceptors (Lipinski definition) is 3. The lowest BCUT2D eigenvalue weighted by Crippen LogP contribution is -2.53. The molecule has 3 aromatic rings. The van der Waals surface area contributed by atoms with Gasteiger partial charge in [-0.25, -0.2) is 0 Å². The van der Waals surface area contributed by atoms with E-state index >= 15 is 0 Å². The predicted molar refractivity (Wildman–Crippen MR) is 106 cm³/mol. The highest BCUT2D eigenvalue weighted by molar-refractivity contribution is 6.19. The topological polar surface area (TPSA) is 89.3 Å². The molecule has 1 heterocycles. The molecule has 1 spiro atoms. The summed E-state index contributed by atoms with van der Waals surface area (Å²) in [6, 6.07) is 16.6. The van der Waals surface area contributed by atoms with E-state index < -0.39 is 17.2 Å². The fourth-order valence-corrected chi connectivity index (χ4v) is 4.28. The van der Waals surface area contributed by atoms with E-state index in [4.69, 9.17) is 5.73 Å². The van der Waals surface area contributed by atoms with Crippen molar-refractivity contribution in [3.63, 3.8) is 0 Å². The second-order valence-corrected chi connectivity index (χ2v) is 7.16. The Hall–Kier alpha value is -3.73. The number of nitrogens with one attached hydrogen (secondary N) is 1. The summed E-state index contributed by atoms with van der Waals surface area (Å²) < 4.78 is 0. The van der Waals surface area contributed by atoms with Gasteiger partial charge in [0.2, 0.25) is 11.8 Å². The van der Waals surface area contributed by atoms with Crippen molar-refractivity contribution in [1.29, 1.82) is 0 Å². The summed E-state index contributed by atoms with van der Waals surface area (Å²) in [6.07, 6.45) is 4.28. The third kappa shape index (κ3) is 2.04. The van der Waals surface area contributed by atoms with E-state index in [0.717, 1.165) is 10.8 Å². The standard InChI is InChI=1S/C23H16N2O3/c24-20(26)18-14-6-2-1-5-13(14)9-10-16(18)15-7-3-8-17-19(15)21(27)25-22(28)23(17)11-4-12-23/h1-11H,12H2,(H2,24,26)(H,25,27,28). The maximum absolute atomic E-state index is 12.8. The first-order valence-corrected chi connectivity index (χ1v) is 9.02. The predicted octanol–water partition coefficient (Wildman–Crippen LogP) is 3.07. The minimum absolute atomic E-state index is 0.307. The second-order valence-electron chi connectivity index (χ2n) is 7.16. The lowest BCUT2D eigenvalue weighted by Gasteiger charge is -2.39. The van der Waals surface area contributed by atoms with Crippen molar-refractivity contribution in [3.8, 4) is 11.1 Å². The molecule has 5 nitrogen and oxygen atoms in total. The number of benzene rings is 3. The Labute approximate surface area is 160 Å². The molecule has 28 heavy (non-hydrogen) atoms. The van der Waals surface area contributed by atoms with Crippen LogP contribution in [0.2, 0.25) is 0 Å². The van der Waals surface area contributed by atoms with E-state index in [2.05, 4.69) is 5.32 Å². The van der Waals surface area contributed by atoms with E-state index in [1.165, 1.54) is 0 Å². The minimum Gasteiger partial charge on any atom is -0.366 e. The normalized spacial score (nSPS) is 20.0. The van der Waals surface area contributed by atoms with E-state index in [9.17, 15) is 14.4 Å². The quantitative estimate of drug-likeness (QED) is 0.538. The number of carbonyl (C=O) groups excluding carboxylic acids is 3. The van der Waals surface area contributed by atoms with Crippen molar-refractivity contribution in [2.24, 2.45) is 5.73 Å². The lowest BCUT2D eigenvalue weighted by atomic mass is 9.66. The molecule has 0 saturated carbocycles. The van der Waals surface area contributed by atoms with Crippen molar-refractivity contribution in [1.82, 2.24) is 5.32 Å². The second kappa shape index (κ2) is 5.63. The van der Waals surface area contributed by atoms with Gasteiger partial charge in [-0.2, -0.15) is 0 Å². The van der Waals surface area contributed by atoms with Crippen LogP contribution in [0.25, 0.3) is 21.9 Å². The summed E-state index contributed by atoms with van der Waals surface area (Å²) >= 11 is 0. The summed E-state index contributed by atoms with van der Waals surface area (Å²) in [5.74, 6) is -1.32. The zero-order chi connectivity index (χ0) is 19.5. The highest BCUT2D eigenvalue weighted by Crippen LogP contribution is 2.44. The van der Waals surface area contributed by atoms with E-state index in [1.54, 1.807) is 6.07 Å². The zero-order valence-corrected chi connectivity index (χ0v) is 14.9. The van der Waals surface area contributed by atoms with Crippen LogP contribution in [-0.2, 0) is 10.2 Å². The molecule has 1 aliphatic carbocycles. The Morgan fingerprint density at radius 1 is 0.964 bits per heavy atom. The molecule has 3 N–H and O–H groups in total. The first-order chi connectivity index (χ1) is 13.5. The molecule has 5 heteroatoms. The summed E-state index contributed by atoms with van der Waals surface area (Å²) in [5, 5.41) is 4.10. The van der Waals surface area contributed by atoms with Gasteiger partial charge in [-0.3, -0.25) is 19.7 Å². The van der Waals surface area contributed by atoms with Crippen LogP contribution in [0.1, 0.15) is 32.7 Å². The molecular weight excluding hydrogens is 352 g/mol. The van der Waals surface area contributed by atoms with Gasteiger partial charge in [0.25, 0.3) is 5.91 Å². The van der Waals surface area contributed by atoms with Crippen LogP contribution in [0, 0.1) is 0 Å². The first-order valence-electron chi connectivity index (χ1n) is 9.02. The Kier molecular flexibility index (Phi) is 3.31. The van der Waals surface area contributed by atoms with Crippen LogP contribution in [0.4, 0.5) is 0 Å². The highest BCUT2D eigenvalue weighted by Gasteiger charge is 2.48. The molecule has 1 aliphatic heterocycles. The van der Waals surface area contributed by atoms with Crippen molar-refractivity contribution in [2.45, 2.75) is 11.8 Å². The average molecular weight is 368 g/mol. The summed E-state index contributed by atoms with van der Waals surface area (Å²) in [5.41, 5.74) is 7.57. The van der Waals surface area contributed by atoms with Crippen LogP contribution in [-0.4, -0.2) is 17.7 Å². The number of nitrogens with two attached hydrogens (primary N) is 1. The molecule has 0 bridgehead atoms. The highest BCUT2D eigenvalue weighted by atomic mass is 16.2. The fraction of sp³-hybridized carbons (Fsp3) is 0.0870. The number of primary amides is 1. The molecule has 2 aliphatic rings. The monoisotopic (exact) mass is 368 g/mol. The average Bonchev–Trinajstić information content (AvgIpc) is 2.65. The third-order valence-corrected chi connectivity index (χ3v) is 5.71. The number of imide groups is 1. The number of fused-ring (bicyclic) bond motifs is 3. The number of allylic oxidation sites excluding steroid dienone is 1.